The normalized spacial score (nSPS) is 12.1. The molecule has 3 nitrogen and oxygen atoms in total. The van der Waals surface area contributed by atoms with Crippen molar-refractivity contribution in [3.8, 4) is 33.4 Å². The van der Waals surface area contributed by atoms with Crippen LogP contribution in [0.5, 0.6) is 0 Å². The van der Waals surface area contributed by atoms with Gasteiger partial charge in [0.2, 0.25) is 0 Å². The van der Waals surface area contributed by atoms with E-state index in [1.807, 2.05) is 24.5 Å². The molecule has 0 aliphatic heterocycles. The Hall–Kier alpha value is -6.58. The number of hydrogen-bond acceptors (Lipinski definition) is 3. The molecule has 3 heterocycles. The molecule has 0 amide bonds. The third-order valence-corrected chi connectivity index (χ3v) is 10.1. The molecule has 0 aliphatic carbocycles. The van der Waals surface area contributed by atoms with Crippen LogP contribution in [-0.2, 0) is 0 Å². The summed E-state index contributed by atoms with van der Waals surface area (Å²) in [7, 11) is 0. The lowest BCUT2D eigenvalue weighted by Crippen LogP contribution is -1.91. The summed E-state index contributed by atoms with van der Waals surface area (Å²) in [5.41, 5.74) is 11.3. The second-order valence-electron chi connectivity index (χ2n) is 12.8. The number of fused-ring (bicyclic) bond motifs is 9. The van der Waals surface area contributed by atoms with Gasteiger partial charge in [0.1, 0.15) is 27.9 Å². The minimum absolute atomic E-state index is 0.844. The summed E-state index contributed by atoms with van der Waals surface area (Å²) in [6.07, 6.45) is 1.85. The number of para-hydroxylation sites is 1. The van der Waals surface area contributed by atoms with Crippen molar-refractivity contribution in [1.82, 2.24) is 0 Å². The second-order valence-corrected chi connectivity index (χ2v) is 12.8. The molecule has 11 aromatic rings. The molecule has 8 aromatic carbocycles. The SMILES string of the molecule is c1ccc(-c2coc3cc4c(cc23)oc2cccc(-c3c5ccccc5c(-c5ccc6oc7ccccc7c6c5)c5ccccc35)c24)cc1. The van der Waals surface area contributed by atoms with Crippen molar-refractivity contribution < 1.29 is 13.3 Å². The quantitative estimate of drug-likeness (QED) is 0.183. The summed E-state index contributed by atoms with van der Waals surface area (Å²) in [6, 6.07) is 53.5. The van der Waals surface area contributed by atoms with Crippen LogP contribution < -0.4 is 0 Å². The molecular weight excluding hydrogens is 601 g/mol. The van der Waals surface area contributed by atoms with Gasteiger partial charge in [0.15, 0.2) is 0 Å². The van der Waals surface area contributed by atoms with Crippen molar-refractivity contribution in [2.75, 3.05) is 0 Å². The van der Waals surface area contributed by atoms with Gasteiger partial charge in [-0.3, -0.25) is 0 Å². The molecule has 228 valence electrons. The van der Waals surface area contributed by atoms with Gasteiger partial charge in [-0.25, -0.2) is 0 Å². The van der Waals surface area contributed by atoms with E-state index in [0.717, 1.165) is 71.5 Å². The van der Waals surface area contributed by atoms with E-state index in [1.165, 1.54) is 38.2 Å². The van der Waals surface area contributed by atoms with Crippen molar-refractivity contribution in [3.05, 3.63) is 158 Å². The van der Waals surface area contributed by atoms with Crippen LogP contribution in [0, 0.1) is 0 Å². The van der Waals surface area contributed by atoms with Gasteiger partial charge in [-0.2, -0.15) is 0 Å². The third kappa shape index (κ3) is 3.78. The first-order chi connectivity index (χ1) is 24.3. The molecule has 0 fully saturated rings. The smallest absolute Gasteiger partial charge is 0.136 e. The highest BCUT2D eigenvalue weighted by atomic mass is 16.3. The first kappa shape index (κ1) is 26.5. The highest BCUT2D eigenvalue weighted by molar-refractivity contribution is 6.26. The van der Waals surface area contributed by atoms with Crippen LogP contribution in [0.15, 0.2) is 171 Å². The van der Waals surface area contributed by atoms with Crippen molar-refractivity contribution in [1.29, 1.82) is 0 Å². The van der Waals surface area contributed by atoms with Crippen LogP contribution in [0.1, 0.15) is 0 Å². The van der Waals surface area contributed by atoms with Crippen molar-refractivity contribution >= 4 is 76.4 Å². The van der Waals surface area contributed by atoms with Gasteiger partial charge in [0.25, 0.3) is 0 Å². The predicted octanol–water partition coefficient (Wildman–Crippen LogP) is 13.5. The molecule has 0 radical (unpaired) electrons. The Morgan fingerprint density at radius 3 is 1.69 bits per heavy atom. The number of furan rings is 3. The fraction of sp³-hybridized carbons (Fsp3) is 0. The highest BCUT2D eigenvalue weighted by Crippen LogP contribution is 2.48. The summed E-state index contributed by atoms with van der Waals surface area (Å²) < 4.78 is 19.0. The predicted molar refractivity (Wildman–Crippen MR) is 202 cm³/mol. The first-order valence-corrected chi connectivity index (χ1v) is 16.6. The van der Waals surface area contributed by atoms with Gasteiger partial charge in [-0.05, 0) is 85.8 Å². The molecular formula is C46H26O3. The van der Waals surface area contributed by atoms with E-state index in [4.69, 9.17) is 13.3 Å². The van der Waals surface area contributed by atoms with Crippen LogP contribution in [0.2, 0.25) is 0 Å². The molecule has 0 unspecified atom stereocenters. The van der Waals surface area contributed by atoms with Crippen LogP contribution in [0.25, 0.3) is 110 Å². The molecule has 3 heteroatoms. The minimum Gasteiger partial charge on any atom is -0.464 e. The average molecular weight is 627 g/mol. The van der Waals surface area contributed by atoms with Crippen LogP contribution in [0.3, 0.4) is 0 Å². The Morgan fingerprint density at radius 2 is 0.918 bits per heavy atom. The Bertz CT molecular complexity index is 3040. The zero-order valence-corrected chi connectivity index (χ0v) is 26.2. The Kier molecular flexibility index (Phi) is 5.38. The highest BCUT2D eigenvalue weighted by Gasteiger charge is 2.22. The van der Waals surface area contributed by atoms with Crippen LogP contribution in [-0.4, -0.2) is 0 Å². The van der Waals surface area contributed by atoms with E-state index in [9.17, 15) is 0 Å². The number of benzene rings is 8. The molecule has 0 saturated heterocycles. The van der Waals surface area contributed by atoms with Gasteiger partial charge in [-0.15, -0.1) is 0 Å². The largest absolute Gasteiger partial charge is 0.464 e. The van der Waals surface area contributed by atoms with Crippen molar-refractivity contribution in [2.24, 2.45) is 0 Å². The van der Waals surface area contributed by atoms with E-state index in [2.05, 4.69) is 133 Å². The van der Waals surface area contributed by atoms with Gasteiger partial charge in [0, 0.05) is 32.5 Å². The van der Waals surface area contributed by atoms with E-state index in [1.54, 1.807) is 0 Å². The van der Waals surface area contributed by atoms with Gasteiger partial charge < -0.3 is 13.3 Å². The lowest BCUT2D eigenvalue weighted by molar-refractivity contribution is 0.617. The zero-order chi connectivity index (χ0) is 32.1. The number of rotatable bonds is 3. The lowest BCUT2D eigenvalue weighted by atomic mass is 9.84. The maximum absolute atomic E-state index is 6.62. The Balaban J connectivity index is 1.21. The molecule has 3 aromatic heterocycles. The van der Waals surface area contributed by atoms with E-state index in [0.29, 0.717) is 0 Å². The van der Waals surface area contributed by atoms with Gasteiger partial charge in [0.05, 0.1) is 6.26 Å². The molecule has 49 heavy (non-hydrogen) atoms. The van der Waals surface area contributed by atoms with Crippen LogP contribution >= 0.6 is 0 Å². The van der Waals surface area contributed by atoms with E-state index in [-0.39, 0.29) is 0 Å². The van der Waals surface area contributed by atoms with E-state index >= 15 is 0 Å². The lowest BCUT2D eigenvalue weighted by Gasteiger charge is -2.18. The van der Waals surface area contributed by atoms with Crippen LogP contribution in [0.4, 0.5) is 0 Å². The van der Waals surface area contributed by atoms with Crippen molar-refractivity contribution in [2.45, 2.75) is 0 Å². The number of hydrogen-bond donors (Lipinski definition) is 0. The second kappa shape index (κ2) is 9.96. The standard InChI is InChI=1S/C46H26O3/c1-2-11-27(12-3-1)38-26-47-42-25-37-43(24-36(38)42)49-41-20-10-18-34(46(37)41)45-32-16-6-4-14-30(32)44(31-15-5-7-17-33(31)45)28-21-22-40-35(23-28)29-13-8-9-19-39(29)48-40/h1-26H. The maximum Gasteiger partial charge on any atom is 0.136 e. The van der Waals surface area contributed by atoms with Gasteiger partial charge >= 0.3 is 0 Å². The molecule has 0 N–H and O–H groups in total. The molecule has 0 bridgehead atoms. The Morgan fingerprint density at radius 1 is 0.306 bits per heavy atom. The summed E-state index contributed by atoms with van der Waals surface area (Å²) in [4.78, 5) is 0. The van der Waals surface area contributed by atoms with E-state index < -0.39 is 0 Å². The molecule has 0 spiro atoms. The first-order valence-electron chi connectivity index (χ1n) is 16.6. The fourth-order valence-electron chi connectivity index (χ4n) is 8.01. The fourth-order valence-corrected chi connectivity index (χ4v) is 8.01. The van der Waals surface area contributed by atoms with Crippen molar-refractivity contribution in [3.63, 3.8) is 0 Å². The maximum atomic E-state index is 6.62. The summed E-state index contributed by atoms with van der Waals surface area (Å²) in [5.74, 6) is 0. The molecule has 0 aliphatic rings. The summed E-state index contributed by atoms with van der Waals surface area (Å²) in [6.45, 7) is 0. The molecule has 0 saturated carbocycles. The monoisotopic (exact) mass is 626 g/mol. The third-order valence-electron chi connectivity index (χ3n) is 10.1. The topological polar surface area (TPSA) is 39.4 Å². The summed E-state index contributed by atoms with van der Waals surface area (Å²) in [5, 5.41) is 10.2. The average Bonchev–Trinajstić information content (AvgIpc) is 3.86. The minimum atomic E-state index is 0.844. The summed E-state index contributed by atoms with van der Waals surface area (Å²) >= 11 is 0. The zero-order valence-electron chi connectivity index (χ0n) is 26.2. The Labute approximate surface area is 280 Å². The molecule has 11 rings (SSSR count). The van der Waals surface area contributed by atoms with Gasteiger partial charge in [-0.1, -0.05) is 115 Å². The molecule has 0 atom stereocenters.